The van der Waals surface area contributed by atoms with Crippen LogP contribution in [0.15, 0.2) is 0 Å². The molecule has 4 heteroatoms. The number of nitrogens with zero attached hydrogens (tertiary/aromatic N) is 2. The van der Waals surface area contributed by atoms with E-state index >= 15 is 0 Å². The summed E-state index contributed by atoms with van der Waals surface area (Å²) in [4.78, 5) is 15.3. The van der Waals surface area contributed by atoms with Gasteiger partial charge in [0.2, 0.25) is 0 Å². The minimum atomic E-state index is 0.139. The van der Waals surface area contributed by atoms with Gasteiger partial charge in [-0.05, 0) is 40.7 Å². The molecule has 0 aromatic heterocycles. The molecule has 0 saturated heterocycles. The van der Waals surface area contributed by atoms with E-state index in [9.17, 15) is 4.79 Å². The molecule has 0 aromatic carbocycles. The molecule has 0 aliphatic carbocycles. The maximum atomic E-state index is 11.2. The van der Waals surface area contributed by atoms with E-state index < -0.39 is 0 Å². The zero-order valence-electron chi connectivity index (χ0n) is 9.75. The summed E-state index contributed by atoms with van der Waals surface area (Å²) in [6.45, 7) is 2.72. The van der Waals surface area contributed by atoms with E-state index in [1.165, 1.54) is 0 Å². The molecule has 0 rings (SSSR count). The van der Waals surface area contributed by atoms with E-state index in [0.29, 0.717) is 6.54 Å². The van der Waals surface area contributed by atoms with Gasteiger partial charge in [0.1, 0.15) is 6.61 Å². The molecule has 0 spiro atoms. The Bertz CT molecular complexity index is 160. The molecular formula is C10H22N2O2. The van der Waals surface area contributed by atoms with Crippen molar-refractivity contribution in [3.8, 4) is 0 Å². The van der Waals surface area contributed by atoms with E-state index in [1.54, 1.807) is 7.11 Å². The highest BCUT2D eigenvalue weighted by molar-refractivity contribution is 5.81. The SMILES string of the molecule is COCC(=O)CN(C)CCCN(C)C. The van der Waals surface area contributed by atoms with Crippen LogP contribution in [0.25, 0.3) is 0 Å². The number of methoxy groups -OCH3 is 1. The third-order valence-corrected chi connectivity index (χ3v) is 1.90. The van der Waals surface area contributed by atoms with Crippen molar-refractivity contribution in [3.63, 3.8) is 0 Å². The van der Waals surface area contributed by atoms with Crippen LogP contribution in [-0.2, 0) is 9.53 Å². The third-order valence-electron chi connectivity index (χ3n) is 1.90. The molecule has 0 saturated carbocycles. The first kappa shape index (κ1) is 13.5. The largest absolute Gasteiger partial charge is 0.377 e. The Morgan fingerprint density at radius 3 is 2.36 bits per heavy atom. The van der Waals surface area contributed by atoms with Gasteiger partial charge in [-0.1, -0.05) is 0 Å². The van der Waals surface area contributed by atoms with Crippen LogP contribution in [0, 0.1) is 0 Å². The lowest BCUT2D eigenvalue weighted by Crippen LogP contribution is -2.30. The molecule has 14 heavy (non-hydrogen) atoms. The van der Waals surface area contributed by atoms with Crippen molar-refractivity contribution in [1.29, 1.82) is 0 Å². The first-order valence-corrected chi connectivity index (χ1v) is 4.90. The number of carbonyl (C=O) groups excluding carboxylic acids is 1. The van der Waals surface area contributed by atoms with Crippen molar-refractivity contribution in [2.75, 3.05) is 54.5 Å². The van der Waals surface area contributed by atoms with Crippen molar-refractivity contribution in [2.45, 2.75) is 6.42 Å². The Labute approximate surface area is 86.8 Å². The molecule has 0 N–H and O–H groups in total. The molecule has 0 aliphatic rings. The summed E-state index contributed by atoms with van der Waals surface area (Å²) < 4.78 is 4.76. The summed E-state index contributed by atoms with van der Waals surface area (Å²) in [5, 5.41) is 0. The molecule has 0 atom stereocenters. The molecule has 0 unspecified atom stereocenters. The van der Waals surface area contributed by atoms with Crippen molar-refractivity contribution >= 4 is 5.78 Å². The predicted molar refractivity (Wildman–Crippen MR) is 57.6 cm³/mol. The average molecular weight is 202 g/mol. The van der Waals surface area contributed by atoms with E-state index in [-0.39, 0.29) is 12.4 Å². The maximum absolute atomic E-state index is 11.2. The molecule has 0 heterocycles. The number of ketones is 1. The lowest BCUT2D eigenvalue weighted by Gasteiger charge is -2.16. The van der Waals surface area contributed by atoms with Gasteiger partial charge in [-0.2, -0.15) is 0 Å². The summed E-state index contributed by atoms with van der Waals surface area (Å²) in [6.07, 6.45) is 1.09. The highest BCUT2D eigenvalue weighted by Gasteiger charge is 2.05. The lowest BCUT2D eigenvalue weighted by molar-refractivity contribution is -0.123. The standard InChI is InChI=1S/C10H22N2O2/c1-11(2)6-5-7-12(3)8-10(13)9-14-4/h5-9H2,1-4H3. The van der Waals surface area contributed by atoms with Crippen molar-refractivity contribution in [3.05, 3.63) is 0 Å². The second-order valence-electron chi connectivity index (χ2n) is 3.87. The number of Topliss-reactive ketones (excluding diaryl/α,β-unsaturated/α-hetero) is 1. The number of hydrogen-bond donors (Lipinski definition) is 0. The van der Waals surface area contributed by atoms with Gasteiger partial charge >= 0.3 is 0 Å². The van der Waals surface area contributed by atoms with Gasteiger partial charge in [0, 0.05) is 7.11 Å². The maximum Gasteiger partial charge on any atom is 0.172 e. The number of likely N-dealkylation sites (N-methyl/N-ethyl adjacent to an activating group) is 1. The molecule has 0 radical (unpaired) electrons. The lowest BCUT2D eigenvalue weighted by atomic mass is 10.3. The average Bonchev–Trinajstić information content (AvgIpc) is 2.03. The summed E-state index contributed by atoms with van der Waals surface area (Å²) in [7, 11) is 7.61. The molecule has 0 aromatic rings. The third kappa shape index (κ3) is 8.16. The Hall–Kier alpha value is -0.450. The molecule has 0 bridgehead atoms. The molecule has 84 valence electrons. The molecule has 0 aliphatic heterocycles. The number of hydrogen-bond acceptors (Lipinski definition) is 4. The highest BCUT2D eigenvalue weighted by Crippen LogP contribution is 1.90. The first-order chi connectivity index (χ1) is 6.56. The molecule has 4 nitrogen and oxygen atoms in total. The summed E-state index contributed by atoms with van der Waals surface area (Å²) >= 11 is 0. The van der Waals surface area contributed by atoms with Crippen LogP contribution in [0.1, 0.15) is 6.42 Å². The second-order valence-corrected chi connectivity index (χ2v) is 3.87. The molecule has 0 amide bonds. The minimum absolute atomic E-state index is 0.139. The van der Waals surface area contributed by atoms with Crippen LogP contribution in [0.2, 0.25) is 0 Å². The Morgan fingerprint density at radius 1 is 1.21 bits per heavy atom. The zero-order chi connectivity index (χ0) is 11.0. The van der Waals surface area contributed by atoms with E-state index in [2.05, 4.69) is 19.0 Å². The fourth-order valence-electron chi connectivity index (χ4n) is 1.24. The summed E-state index contributed by atoms with van der Waals surface area (Å²) in [5.74, 6) is 0.139. The summed E-state index contributed by atoms with van der Waals surface area (Å²) in [6, 6.07) is 0. The monoisotopic (exact) mass is 202 g/mol. The Morgan fingerprint density at radius 2 is 1.86 bits per heavy atom. The van der Waals surface area contributed by atoms with Crippen LogP contribution in [-0.4, -0.2) is 70.1 Å². The van der Waals surface area contributed by atoms with Crippen molar-refractivity contribution in [2.24, 2.45) is 0 Å². The van der Waals surface area contributed by atoms with Crippen molar-refractivity contribution < 1.29 is 9.53 Å². The number of ether oxygens (including phenoxy) is 1. The van der Waals surface area contributed by atoms with Gasteiger partial charge < -0.3 is 9.64 Å². The molecular weight excluding hydrogens is 180 g/mol. The van der Waals surface area contributed by atoms with Gasteiger partial charge in [0.25, 0.3) is 0 Å². The van der Waals surface area contributed by atoms with Crippen LogP contribution >= 0.6 is 0 Å². The zero-order valence-corrected chi connectivity index (χ0v) is 9.75. The normalized spacial score (nSPS) is 11.3. The second kappa shape index (κ2) is 7.91. The van der Waals surface area contributed by atoms with Crippen LogP contribution in [0.4, 0.5) is 0 Å². The predicted octanol–water partition coefficient (Wildman–Crippen LogP) is 0.0854. The number of rotatable bonds is 8. The highest BCUT2D eigenvalue weighted by atomic mass is 16.5. The number of carbonyl (C=O) groups is 1. The molecule has 0 fully saturated rings. The van der Waals surface area contributed by atoms with Crippen LogP contribution in [0.5, 0.6) is 0 Å². The smallest absolute Gasteiger partial charge is 0.172 e. The van der Waals surface area contributed by atoms with Gasteiger partial charge in [-0.3, -0.25) is 9.69 Å². The quantitative estimate of drug-likeness (QED) is 0.558. The van der Waals surface area contributed by atoms with Crippen molar-refractivity contribution in [1.82, 2.24) is 9.80 Å². The topological polar surface area (TPSA) is 32.8 Å². The van der Waals surface area contributed by atoms with Crippen LogP contribution < -0.4 is 0 Å². The fraction of sp³-hybridized carbons (Fsp3) is 0.900. The van der Waals surface area contributed by atoms with Gasteiger partial charge in [-0.15, -0.1) is 0 Å². The van der Waals surface area contributed by atoms with E-state index in [0.717, 1.165) is 19.5 Å². The minimum Gasteiger partial charge on any atom is -0.377 e. The Kier molecular flexibility index (Phi) is 7.65. The van der Waals surface area contributed by atoms with Crippen LogP contribution in [0.3, 0.4) is 0 Å². The van der Waals surface area contributed by atoms with E-state index in [4.69, 9.17) is 4.74 Å². The first-order valence-electron chi connectivity index (χ1n) is 4.90. The van der Waals surface area contributed by atoms with E-state index in [1.807, 2.05) is 11.9 Å². The van der Waals surface area contributed by atoms with Gasteiger partial charge in [0.15, 0.2) is 5.78 Å². The fourth-order valence-corrected chi connectivity index (χ4v) is 1.24. The Balaban J connectivity index is 3.44. The van der Waals surface area contributed by atoms with Gasteiger partial charge in [0.05, 0.1) is 6.54 Å². The summed E-state index contributed by atoms with van der Waals surface area (Å²) in [5.41, 5.74) is 0. The van der Waals surface area contributed by atoms with Gasteiger partial charge in [-0.25, -0.2) is 0 Å².